The molecule has 3 aromatic rings. The van der Waals surface area contributed by atoms with Gasteiger partial charge >= 0.3 is 0 Å². The molecule has 0 radical (unpaired) electrons. The molecule has 0 unspecified atom stereocenters. The molecule has 6 nitrogen and oxygen atoms in total. The Morgan fingerprint density at radius 2 is 2.12 bits per heavy atom. The number of pyridine rings is 1. The van der Waals surface area contributed by atoms with Crippen molar-refractivity contribution < 1.29 is 4.39 Å². The van der Waals surface area contributed by atoms with Gasteiger partial charge in [0.05, 0.1) is 0 Å². The van der Waals surface area contributed by atoms with Gasteiger partial charge < -0.3 is 0 Å². The second-order valence-electron chi connectivity index (χ2n) is 7.12. The Balaban J connectivity index is 1.59. The van der Waals surface area contributed by atoms with Crippen molar-refractivity contribution >= 4 is 0 Å². The van der Waals surface area contributed by atoms with Gasteiger partial charge in [0.15, 0.2) is 0 Å². The summed E-state index contributed by atoms with van der Waals surface area (Å²) in [6.07, 6.45) is 1.75. The Kier molecular flexibility index (Phi) is 3.80. The third kappa shape index (κ3) is 3.15. The number of halogens is 1. The highest BCUT2D eigenvalue weighted by Crippen LogP contribution is 2.34. The topological polar surface area (TPSA) is 70.6 Å². The molecule has 0 saturated carbocycles. The van der Waals surface area contributed by atoms with Crippen LogP contribution in [0.2, 0.25) is 0 Å². The van der Waals surface area contributed by atoms with Crippen molar-refractivity contribution in [3.63, 3.8) is 0 Å². The van der Waals surface area contributed by atoms with Crippen molar-refractivity contribution in [2.45, 2.75) is 32.4 Å². The van der Waals surface area contributed by atoms with Crippen molar-refractivity contribution in [2.75, 3.05) is 6.54 Å². The molecule has 1 aliphatic rings. The maximum Gasteiger partial charge on any atom is 0.222 e. The van der Waals surface area contributed by atoms with Crippen molar-refractivity contribution in [1.82, 2.24) is 30.5 Å². The number of H-pyrrole nitrogens is 1. The normalized spacial score (nSPS) is 16.6. The molecule has 1 aromatic carbocycles. The maximum atomic E-state index is 13.7. The van der Waals surface area contributed by atoms with E-state index < -0.39 is 0 Å². The van der Waals surface area contributed by atoms with E-state index in [9.17, 15) is 4.39 Å². The lowest BCUT2D eigenvalue weighted by Crippen LogP contribution is -2.41. The van der Waals surface area contributed by atoms with Crippen LogP contribution in [0.4, 0.5) is 4.39 Å². The summed E-state index contributed by atoms with van der Waals surface area (Å²) < 4.78 is 13.7. The van der Waals surface area contributed by atoms with Crippen LogP contribution in [0, 0.1) is 5.82 Å². The molecule has 0 fully saturated rings. The summed E-state index contributed by atoms with van der Waals surface area (Å²) in [5.74, 6) is 0.299. The summed E-state index contributed by atoms with van der Waals surface area (Å²) >= 11 is 0. The van der Waals surface area contributed by atoms with Crippen LogP contribution in [0.15, 0.2) is 36.5 Å². The summed E-state index contributed by atoms with van der Waals surface area (Å²) in [7, 11) is 0. The third-order valence-corrected chi connectivity index (χ3v) is 4.61. The fourth-order valence-electron chi connectivity index (χ4n) is 3.63. The van der Waals surface area contributed by atoms with Gasteiger partial charge in [0.2, 0.25) is 5.82 Å². The Morgan fingerprint density at radius 3 is 2.92 bits per heavy atom. The zero-order chi connectivity index (χ0) is 17.4. The number of hydrogen-bond donors (Lipinski definition) is 1. The molecule has 0 bridgehead atoms. The second-order valence-corrected chi connectivity index (χ2v) is 7.12. The molecule has 1 aliphatic heterocycles. The summed E-state index contributed by atoms with van der Waals surface area (Å²) in [6, 6.07) is 9.08. The summed E-state index contributed by atoms with van der Waals surface area (Å²) in [6.45, 7) is 6.80. The van der Waals surface area contributed by atoms with E-state index in [4.69, 9.17) is 0 Å². The van der Waals surface area contributed by atoms with Crippen LogP contribution in [0.5, 0.6) is 0 Å². The van der Waals surface area contributed by atoms with Crippen molar-refractivity contribution in [3.05, 3.63) is 59.0 Å². The molecule has 1 N–H and O–H groups in total. The average molecular weight is 338 g/mol. The van der Waals surface area contributed by atoms with E-state index in [1.54, 1.807) is 18.3 Å². The van der Waals surface area contributed by atoms with E-state index >= 15 is 0 Å². The average Bonchev–Trinajstić information content (AvgIpc) is 3.08. The van der Waals surface area contributed by atoms with Gasteiger partial charge in [0.25, 0.3) is 0 Å². The van der Waals surface area contributed by atoms with Crippen LogP contribution in [-0.4, -0.2) is 37.1 Å². The molecule has 0 spiro atoms. The molecule has 0 saturated heterocycles. The minimum Gasteiger partial charge on any atom is -0.294 e. The second kappa shape index (κ2) is 6.00. The van der Waals surface area contributed by atoms with Crippen LogP contribution in [0.3, 0.4) is 0 Å². The lowest BCUT2D eigenvalue weighted by atomic mass is 9.78. The van der Waals surface area contributed by atoms with Crippen LogP contribution in [0.25, 0.3) is 11.5 Å². The summed E-state index contributed by atoms with van der Waals surface area (Å²) in [4.78, 5) is 6.63. The SMILES string of the molecule is CC1(C)CN(Cc2ccnc(-c3nn[nH]n3)c2)Cc2cc(F)ccc21. The highest BCUT2D eigenvalue weighted by Gasteiger charge is 2.31. The molecule has 0 aliphatic carbocycles. The molecule has 7 heteroatoms. The van der Waals surface area contributed by atoms with Crippen molar-refractivity contribution in [2.24, 2.45) is 0 Å². The van der Waals surface area contributed by atoms with Gasteiger partial charge in [0, 0.05) is 31.2 Å². The van der Waals surface area contributed by atoms with Crippen molar-refractivity contribution in [3.8, 4) is 11.5 Å². The molecule has 0 atom stereocenters. The number of nitrogens with zero attached hydrogens (tertiary/aromatic N) is 5. The fraction of sp³-hybridized carbons (Fsp3) is 0.333. The van der Waals surface area contributed by atoms with Gasteiger partial charge in [-0.25, -0.2) is 4.39 Å². The first-order valence-corrected chi connectivity index (χ1v) is 8.21. The number of aromatic amines is 1. The predicted octanol–water partition coefficient (Wildman–Crippen LogP) is 2.69. The number of rotatable bonds is 3. The summed E-state index contributed by atoms with van der Waals surface area (Å²) in [5.41, 5.74) is 4.07. The van der Waals surface area contributed by atoms with Crippen LogP contribution in [0.1, 0.15) is 30.5 Å². The highest BCUT2D eigenvalue weighted by molar-refractivity contribution is 5.48. The minimum atomic E-state index is -0.181. The van der Waals surface area contributed by atoms with E-state index in [0.717, 1.165) is 30.8 Å². The number of fused-ring (bicyclic) bond motifs is 1. The molecule has 2 aromatic heterocycles. The molecule has 4 rings (SSSR count). The van der Waals surface area contributed by atoms with E-state index in [2.05, 4.69) is 44.4 Å². The number of nitrogens with one attached hydrogen (secondary N) is 1. The molecule has 0 amide bonds. The largest absolute Gasteiger partial charge is 0.294 e. The van der Waals surface area contributed by atoms with Crippen LogP contribution in [-0.2, 0) is 18.5 Å². The number of hydrogen-bond acceptors (Lipinski definition) is 5. The van der Waals surface area contributed by atoms with Crippen LogP contribution >= 0.6 is 0 Å². The molecular weight excluding hydrogens is 319 g/mol. The van der Waals surface area contributed by atoms with E-state index in [0.29, 0.717) is 11.5 Å². The minimum absolute atomic E-state index is 0.0230. The predicted molar refractivity (Wildman–Crippen MR) is 90.9 cm³/mol. The van der Waals surface area contributed by atoms with Gasteiger partial charge in [-0.3, -0.25) is 9.88 Å². The Hall–Kier alpha value is -2.67. The lowest BCUT2D eigenvalue weighted by molar-refractivity contribution is 0.186. The Labute approximate surface area is 145 Å². The molecule has 128 valence electrons. The molecule has 3 heterocycles. The van der Waals surface area contributed by atoms with E-state index in [1.807, 2.05) is 18.2 Å². The quantitative estimate of drug-likeness (QED) is 0.795. The Bertz CT molecular complexity index is 890. The zero-order valence-electron chi connectivity index (χ0n) is 14.2. The highest BCUT2D eigenvalue weighted by atomic mass is 19.1. The fourth-order valence-corrected chi connectivity index (χ4v) is 3.63. The van der Waals surface area contributed by atoms with Gasteiger partial charge in [-0.2, -0.15) is 5.21 Å². The van der Waals surface area contributed by atoms with Crippen LogP contribution < -0.4 is 0 Å². The zero-order valence-corrected chi connectivity index (χ0v) is 14.2. The smallest absolute Gasteiger partial charge is 0.222 e. The standard InChI is InChI=1S/C18H19FN6/c1-18(2)11-25(10-13-8-14(19)3-4-15(13)18)9-12-5-6-20-16(7-12)17-21-23-24-22-17/h3-8H,9-11H2,1-2H3,(H,21,22,23,24). The summed E-state index contributed by atoms with van der Waals surface area (Å²) in [5, 5.41) is 14.0. The molecular formula is C18H19FN6. The number of benzene rings is 1. The van der Waals surface area contributed by atoms with Gasteiger partial charge in [-0.1, -0.05) is 19.9 Å². The monoisotopic (exact) mass is 338 g/mol. The van der Waals surface area contributed by atoms with Gasteiger partial charge in [0.1, 0.15) is 11.5 Å². The van der Waals surface area contributed by atoms with Crippen molar-refractivity contribution in [1.29, 1.82) is 0 Å². The molecule has 25 heavy (non-hydrogen) atoms. The van der Waals surface area contributed by atoms with Gasteiger partial charge in [-0.05, 0) is 46.2 Å². The first-order chi connectivity index (χ1) is 12.0. The maximum absolute atomic E-state index is 13.7. The third-order valence-electron chi connectivity index (χ3n) is 4.61. The lowest BCUT2D eigenvalue weighted by Gasteiger charge is -2.40. The van der Waals surface area contributed by atoms with E-state index in [1.165, 1.54) is 5.56 Å². The first-order valence-electron chi connectivity index (χ1n) is 8.21. The van der Waals surface area contributed by atoms with E-state index in [-0.39, 0.29) is 11.2 Å². The number of aromatic nitrogens is 5. The first kappa shape index (κ1) is 15.8. The van der Waals surface area contributed by atoms with Gasteiger partial charge in [-0.15, -0.1) is 10.2 Å². The Morgan fingerprint density at radius 1 is 1.24 bits per heavy atom. The number of tetrazole rings is 1.